The van der Waals surface area contributed by atoms with E-state index in [0.717, 1.165) is 31.2 Å². The monoisotopic (exact) mass is 1550 g/mol. The summed E-state index contributed by atoms with van der Waals surface area (Å²) in [5.74, 6) is -5.72. The molecule has 0 unspecified atom stereocenters. The fraction of sp³-hybridized carbons (Fsp3) is 0.584. The molecule has 2 aromatic carbocycles. The topological polar surface area (TPSA) is 415 Å². The third-order valence-corrected chi connectivity index (χ3v) is 20.1. The second kappa shape index (κ2) is 42.5. The fourth-order valence-corrected chi connectivity index (χ4v) is 13.9. The highest BCUT2D eigenvalue weighted by atomic mass is 19.1. The van der Waals surface area contributed by atoms with Crippen molar-refractivity contribution in [3.05, 3.63) is 110 Å². The first kappa shape index (κ1) is 84.4. The van der Waals surface area contributed by atoms with E-state index in [9.17, 15) is 57.8 Å². The van der Waals surface area contributed by atoms with Gasteiger partial charge in [0.25, 0.3) is 17.4 Å². The lowest BCUT2D eigenvalue weighted by molar-refractivity contribution is -0.172. The molecule has 10 rings (SSSR count). The van der Waals surface area contributed by atoms with Crippen molar-refractivity contribution in [2.75, 3.05) is 158 Å². The number of imide groups is 1. The van der Waals surface area contributed by atoms with E-state index >= 15 is 4.39 Å². The predicted octanol–water partition coefficient (Wildman–Crippen LogP) is 0.573. The Morgan fingerprint density at radius 3 is 1.81 bits per heavy atom. The first-order valence-electron chi connectivity index (χ1n) is 38.0. The molecule has 9 amide bonds. The maximum atomic E-state index is 15.6. The molecule has 2 fully saturated rings. The summed E-state index contributed by atoms with van der Waals surface area (Å²) >= 11 is 0. The lowest BCUT2D eigenvalue weighted by Gasteiger charge is -2.31. The Hall–Kier alpha value is -9.07. The van der Waals surface area contributed by atoms with Crippen molar-refractivity contribution in [3.63, 3.8) is 0 Å². The number of aliphatic hydroxyl groups is 1. The van der Waals surface area contributed by atoms with Crippen molar-refractivity contribution < 1.29 is 110 Å². The molecule has 33 nitrogen and oxygen atoms in total. The van der Waals surface area contributed by atoms with Gasteiger partial charge < -0.3 is 99.0 Å². The second-order valence-electron chi connectivity index (χ2n) is 27.7. The number of aromatic nitrogens is 2. The number of hydrogen-bond donors (Lipinski definition) is 8. The molecule has 8 N–H and O–H groups in total. The first-order valence-corrected chi connectivity index (χ1v) is 38.0. The molecule has 3 aliphatic carbocycles. The lowest BCUT2D eigenvalue weighted by Crippen LogP contribution is -2.52. The molecule has 4 atom stereocenters. The number of benzene rings is 2. The van der Waals surface area contributed by atoms with Gasteiger partial charge in [0.1, 0.15) is 37.9 Å². The van der Waals surface area contributed by atoms with Crippen molar-refractivity contribution in [1.29, 1.82) is 0 Å². The van der Waals surface area contributed by atoms with Gasteiger partial charge in [0, 0.05) is 60.2 Å². The molecule has 604 valence electrons. The Morgan fingerprint density at radius 1 is 0.640 bits per heavy atom. The smallest absolute Gasteiger partial charge is 0.343 e. The number of fused-ring (bicyclic) bond motifs is 5. The largest absolute Gasteiger partial charge is 0.458 e. The molecule has 0 radical (unpaired) electrons. The normalized spacial score (nSPS) is 18.7. The van der Waals surface area contributed by atoms with Gasteiger partial charge in [-0.25, -0.2) is 14.2 Å². The van der Waals surface area contributed by atoms with Crippen LogP contribution in [-0.4, -0.2) is 249 Å². The minimum atomic E-state index is -2.06. The van der Waals surface area contributed by atoms with E-state index in [1.165, 1.54) is 27.7 Å². The summed E-state index contributed by atoms with van der Waals surface area (Å²) in [7, 11) is 0. The van der Waals surface area contributed by atoms with Crippen LogP contribution in [0.2, 0.25) is 0 Å². The minimum absolute atomic E-state index is 0.00593. The van der Waals surface area contributed by atoms with Gasteiger partial charge in [-0.3, -0.25) is 52.8 Å². The summed E-state index contributed by atoms with van der Waals surface area (Å²) in [6.45, 7) is 7.50. The van der Waals surface area contributed by atoms with Crippen LogP contribution in [-0.2, 0) is 132 Å². The number of aryl methyl sites for hydroxylation is 1. The predicted molar refractivity (Wildman–Crippen MR) is 392 cm³/mol. The number of esters is 1. The number of cyclic esters (lactones) is 1. The molecular weight excluding hydrogens is 1450 g/mol. The molecular formula is C77H101FN10O23. The quantitative estimate of drug-likeness (QED) is 0.0114. The average molecular weight is 1550 g/mol. The highest BCUT2D eigenvalue weighted by Crippen LogP contribution is 2.46. The molecule has 3 aliphatic heterocycles. The number of rotatable bonds is 49. The summed E-state index contributed by atoms with van der Waals surface area (Å²) in [5, 5.41) is 30.8. The van der Waals surface area contributed by atoms with Gasteiger partial charge in [-0.2, -0.15) is 0 Å². The third-order valence-electron chi connectivity index (χ3n) is 20.1. The number of nitrogens with zero attached hydrogens (tertiary/aromatic N) is 3. The summed E-state index contributed by atoms with van der Waals surface area (Å²) in [6, 6.07) is 9.87. The van der Waals surface area contributed by atoms with E-state index in [4.69, 9.17) is 57.1 Å². The lowest BCUT2D eigenvalue weighted by atomic mass is 9.81. The average Bonchev–Trinajstić information content (AvgIpc) is 1.56. The van der Waals surface area contributed by atoms with E-state index in [2.05, 4.69) is 37.2 Å². The number of hydrogen-bond acceptors (Lipinski definition) is 24. The molecule has 2 saturated carbocycles. The Labute approximate surface area is 641 Å². The van der Waals surface area contributed by atoms with Gasteiger partial charge in [0.2, 0.25) is 41.4 Å². The fourth-order valence-electron chi connectivity index (χ4n) is 13.9. The molecule has 0 saturated heterocycles. The van der Waals surface area contributed by atoms with Crippen LogP contribution in [0.4, 0.5) is 4.39 Å². The standard InChI is InChI=1S/C77H101FN10O23/c1-3-77(100)56-38-61-70-54(44-87(61)75(98)55(56)45-110-76(77)99)69-58(16-15-53-48(2)57(78)39-59(85-70)68(53)69)86-74(97)71(51-13-14-51)111-47-83-63(90)41-82-73(96)60(37-49-7-5-4-6-8-49)84-64(91)42-80-62(89)40-81-65(92)46-109-36-35-108-34-33-107-32-31-106-30-29-105-28-27-104-26-25-103-24-23-102-22-21-101-20-19-79-72(95)52-11-9-50(10-12-52)43-88-66(93)17-18-67(88)94/h4-8,17-18,38-39,50-52,58,60,71,100H,3,9-16,19-37,40-47H2,1-2H3,(H,79,95)(H,80,89)(H,81,92)(H,82,96)(H,83,90)(H,84,91)(H,86,97)/t50-,52-,58-,60-,71-,77-/m0/s1. The van der Waals surface area contributed by atoms with Crippen LogP contribution in [0.3, 0.4) is 0 Å². The Kier molecular flexibility index (Phi) is 32.3. The van der Waals surface area contributed by atoms with E-state index in [0.29, 0.717) is 176 Å². The third kappa shape index (κ3) is 24.0. The number of ether oxygens (including phenoxy) is 11. The van der Waals surface area contributed by atoms with E-state index in [1.807, 2.05) is 0 Å². The molecule has 5 heterocycles. The van der Waals surface area contributed by atoms with Crippen molar-refractivity contribution in [1.82, 2.24) is 51.7 Å². The molecule has 4 aromatic rings. The van der Waals surface area contributed by atoms with Crippen LogP contribution >= 0.6 is 0 Å². The summed E-state index contributed by atoms with van der Waals surface area (Å²) in [4.78, 5) is 149. The van der Waals surface area contributed by atoms with Crippen molar-refractivity contribution in [2.24, 2.45) is 17.8 Å². The van der Waals surface area contributed by atoms with Gasteiger partial charge in [0.05, 0.1) is 167 Å². The molecule has 2 aromatic heterocycles. The second-order valence-corrected chi connectivity index (χ2v) is 27.7. The molecule has 0 spiro atoms. The van der Waals surface area contributed by atoms with Gasteiger partial charge in [-0.15, -0.1) is 0 Å². The van der Waals surface area contributed by atoms with Crippen LogP contribution < -0.4 is 42.8 Å². The van der Waals surface area contributed by atoms with E-state index < -0.39 is 103 Å². The zero-order chi connectivity index (χ0) is 78.7. The number of amides is 9. The Morgan fingerprint density at radius 2 is 1.21 bits per heavy atom. The Balaban J connectivity index is 0.514. The van der Waals surface area contributed by atoms with Crippen molar-refractivity contribution in [3.8, 4) is 11.4 Å². The minimum Gasteiger partial charge on any atom is -0.458 e. The van der Waals surface area contributed by atoms with Crippen LogP contribution in [0.25, 0.3) is 22.3 Å². The van der Waals surface area contributed by atoms with E-state index in [1.54, 1.807) is 50.2 Å². The Bertz CT molecular complexity index is 4000. The zero-order valence-corrected chi connectivity index (χ0v) is 62.8. The molecule has 111 heavy (non-hydrogen) atoms. The molecule has 6 aliphatic rings. The first-order chi connectivity index (χ1) is 53.8. The summed E-state index contributed by atoms with van der Waals surface area (Å²) < 4.78 is 77.8. The maximum absolute atomic E-state index is 15.6. The summed E-state index contributed by atoms with van der Waals surface area (Å²) in [6.07, 6.45) is 6.75. The molecule has 34 heteroatoms. The van der Waals surface area contributed by atoms with Gasteiger partial charge in [-0.1, -0.05) is 37.3 Å². The van der Waals surface area contributed by atoms with Crippen LogP contribution in [0.1, 0.15) is 103 Å². The number of carbonyl (C=O) groups is 10. The van der Waals surface area contributed by atoms with Crippen LogP contribution in [0.15, 0.2) is 59.4 Å². The highest BCUT2D eigenvalue weighted by molar-refractivity contribution is 6.13. The number of pyridine rings is 2. The van der Waals surface area contributed by atoms with Crippen LogP contribution in [0.5, 0.6) is 0 Å². The summed E-state index contributed by atoms with van der Waals surface area (Å²) in [5.41, 5.74) is 1.89. The maximum Gasteiger partial charge on any atom is 0.343 e. The SMILES string of the molecule is CC[C@@]1(O)C(=O)OCc2c1cc1n(c2=O)Cc2c-1nc1cc(F)c(C)c3c1c2[C@@H](NC(=O)[C@@H](OCNC(=O)CNC(=O)[C@H](Cc1ccccc1)NC(=O)CNC(=O)CNC(=O)COCCOCCOCCOCCOCCOCCOCCOCCOCCNC(=O)[C@H]1CC[C@H](CN2C(=O)C=CC2=O)CC1)C1CC1)CC3. The number of carbonyl (C=O) groups excluding carboxylic acids is 10. The highest BCUT2D eigenvalue weighted by Gasteiger charge is 2.47. The van der Waals surface area contributed by atoms with Crippen molar-refractivity contribution in [2.45, 2.75) is 115 Å². The number of halogens is 1. The van der Waals surface area contributed by atoms with Gasteiger partial charge in [0.15, 0.2) is 5.60 Å². The van der Waals surface area contributed by atoms with Gasteiger partial charge >= 0.3 is 5.97 Å². The van der Waals surface area contributed by atoms with Crippen molar-refractivity contribution >= 4 is 70.0 Å². The van der Waals surface area contributed by atoms with Gasteiger partial charge in [-0.05, 0) is 105 Å². The molecule has 0 bridgehead atoms. The number of nitrogens with one attached hydrogen (secondary N) is 7. The zero-order valence-electron chi connectivity index (χ0n) is 62.8. The van der Waals surface area contributed by atoms with E-state index in [-0.39, 0.29) is 99.0 Å². The van der Waals surface area contributed by atoms with Crippen LogP contribution in [0, 0.1) is 30.5 Å².